The lowest BCUT2D eigenvalue weighted by Crippen LogP contribution is -1.96. The first-order valence-electron chi connectivity index (χ1n) is 12.3. The van der Waals surface area contributed by atoms with E-state index in [0.717, 1.165) is 60.9 Å². The number of thiophene rings is 1. The van der Waals surface area contributed by atoms with Crippen LogP contribution < -0.4 is 0 Å². The molecule has 0 fully saturated rings. The minimum atomic E-state index is 0.203. The molecule has 0 radical (unpaired) electrons. The fraction of sp³-hybridized carbons (Fsp3) is 0.400. The lowest BCUT2D eigenvalue weighted by atomic mass is 9.93. The molecular formula is C30H38O2S. The van der Waals surface area contributed by atoms with Crippen LogP contribution in [-0.2, 0) is 12.8 Å². The molecule has 0 aliphatic heterocycles. The molecule has 1 heterocycles. The maximum Gasteiger partial charge on any atom is 0.131 e. The van der Waals surface area contributed by atoms with Crippen molar-refractivity contribution in [3.63, 3.8) is 0 Å². The molecule has 3 rings (SSSR count). The van der Waals surface area contributed by atoms with Gasteiger partial charge in [0.25, 0.3) is 0 Å². The van der Waals surface area contributed by atoms with E-state index in [0.29, 0.717) is 12.0 Å². The van der Waals surface area contributed by atoms with Crippen LogP contribution in [0, 0.1) is 0 Å². The number of rotatable bonds is 11. The summed E-state index contributed by atoms with van der Waals surface area (Å²) in [6.07, 6.45) is 12.3. The van der Waals surface area contributed by atoms with Gasteiger partial charge >= 0.3 is 0 Å². The molecule has 0 aliphatic rings. The predicted octanol–water partition coefficient (Wildman–Crippen LogP) is 9.34. The van der Waals surface area contributed by atoms with Gasteiger partial charge in [0.05, 0.1) is 0 Å². The number of allylic oxidation sites excluding steroid dienone is 4. The van der Waals surface area contributed by atoms with Gasteiger partial charge in [-0.3, -0.25) is 0 Å². The molecule has 2 aromatic carbocycles. The molecule has 0 spiro atoms. The Bertz CT molecular complexity index is 1100. The Morgan fingerprint density at radius 3 is 2.48 bits per heavy atom. The van der Waals surface area contributed by atoms with Crippen molar-refractivity contribution in [1.29, 1.82) is 0 Å². The second kappa shape index (κ2) is 12.1. The SMILES string of the molecule is CCCCCc1cc(O)c(C/C=C(\C)CC/C=C(\C)CC)c(O)c1-c1cc2ccccc2s1. The van der Waals surface area contributed by atoms with Crippen LogP contribution in [-0.4, -0.2) is 10.2 Å². The van der Waals surface area contributed by atoms with Crippen LogP contribution in [0.4, 0.5) is 0 Å². The van der Waals surface area contributed by atoms with Gasteiger partial charge in [0.2, 0.25) is 0 Å². The van der Waals surface area contributed by atoms with E-state index in [-0.39, 0.29) is 11.5 Å². The fourth-order valence-corrected chi connectivity index (χ4v) is 5.31. The molecule has 2 N–H and O–H groups in total. The van der Waals surface area contributed by atoms with Crippen molar-refractivity contribution >= 4 is 21.4 Å². The van der Waals surface area contributed by atoms with Gasteiger partial charge in [0.1, 0.15) is 11.5 Å². The molecule has 0 saturated carbocycles. The molecule has 0 bridgehead atoms. The van der Waals surface area contributed by atoms with Gasteiger partial charge in [-0.1, -0.05) is 68.2 Å². The van der Waals surface area contributed by atoms with Crippen molar-refractivity contribution < 1.29 is 10.2 Å². The van der Waals surface area contributed by atoms with Crippen LogP contribution in [0.15, 0.2) is 59.7 Å². The first-order valence-corrected chi connectivity index (χ1v) is 13.1. The van der Waals surface area contributed by atoms with Gasteiger partial charge in [0, 0.05) is 20.7 Å². The average Bonchev–Trinajstić information content (AvgIpc) is 3.22. The molecule has 0 saturated heterocycles. The smallest absolute Gasteiger partial charge is 0.131 e. The summed E-state index contributed by atoms with van der Waals surface area (Å²) in [6, 6.07) is 12.4. The van der Waals surface area contributed by atoms with E-state index in [4.69, 9.17) is 0 Å². The van der Waals surface area contributed by atoms with E-state index in [1.54, 1.807) is 11.3 Å². The first-order chi connectivity index (χ1) is 15.9. The summed E-state index contributed by atoms with van der Waals surface area (Å²) >= 11 is 1.71. The Labute approximate surface area is 203 Å². The highest BCUT2D eigenvalue weighted by Crippen LogP contribution is 2.45. The number of phenolic OH excluding ortho intramolecular Hbond substituents is 2. The summed E-state index contributed by atoms with van der Waals surface area (Å²) in [5.74, 6) is 0.438. The number of aryl methyl sites for hydroxylation is 1. The van der Waals surface area contributed by atoms with Crippen LogP contribution in [0.3, 0.4) is 0 Å². The van der Waals surface area contributed by atoms with Crippen LogP contribution in [0.2, 0.25) is 0 Å². The topological polar surface area (TPSA) is 40.5 Å². The quantitative estimate of drug-likeness (QED) is 0.220. The van der Waals surface area contributed by atoms with Crippen molar-refractivity contribution in [2.24, 2.45) is 0 Å². The average molecular weight is 463 g/mol. The maximum atomic E-state index is 11.4. The van der Waals surface area contributed by atoms with Gasteiger partial charge in [-0.2, -0.15) is 0 Å². The van der Waals surface area contributed by atoms with E-state index < -0.39 is 0 Å². The van der Waals surface area contributed by atoms with Crippen LogP contribution >= 0.6 is 11.3 Å². The normalized spacial score (nSPS) is 12.6. The summed E-state index contributed by atoms with van der Waals surface area (Å²) in [7, 11) is 0. The lowest BCUT2D eigenvalue weighted by molar-refractivity contribution is 0.441. The van der Waals surface area contributed by atoms with Crippen LogP contribution in [0.5, 0.6) is 11.5 Å². The summed E-state index contributed by atoms with van der Waals surface area (Å²) in [6.45, 7) is 8.68. The van der Waals surface area contributed by atoms with Crippen LogP contribution in [0.25, 0.3) is 20.5 Å². The Morgan fingerprint density at radius 2 is 1.76 bits per heavy atom. The number of hydrogen-bond acceptors (Lipinski definition) is 3. The number of aromatic hydroxyl groups is 2. The second-order valence-corrected chi connectivity index (χ2v) is 10.1. The maximum absolute atomic E-state index is 11.4. The molecule has 176 valence electrons. The highest BCUT2D eigenvalue weighted by molar-refractivity contribution is 7.22. The van der Waals surface area contributed by atoms with E-state index in [1.807, 2.05) is 12.1 Å². The highest BCUT2D eigenvalue weighted by Gasteiger charge is 2.20. The molecule has 0 amide bonds. The molecule has 3 heteroatoms. The Morgan fingerprint density at radius 1 is 0.970 bits per heavy atom. The summed E-state index contributed by atoms with van der Waals surface area (Å²) in [5.41, 5.74) is 5.26. The number of unbranched alkanes of at least 4 members (excludes halogenated alkanes) is 2. The Hall–Kier alpha value is -2.52. The minimum absolute atomic E-state index is 0.203. The molecule has 1 aromatic heterocycles. The van der Waals surface area contributed by atoms with Crippen molar-refractivity contribution in [1.82, 2.24) is 0 Å². The third-order valence-electron chi connectivity index (χ3n) is 6.43. The molecule has 33 heavy (non-hydrogen) atoms. The number of fused-ring (bicyclic) bond motifs is 1. The van der Waals surface area contributed by atoms with Gasteiger partial charge in [-0.25, -0.2) is 0 Å². The van der Waals surface area contributed by atoms with E-state index >= 15 is 0 Å². The van der Waals surface area contributed by atoms with E-state index in [1.165, 1.54) is 21.2 Å². The largest absolute Gasteiger partial charge is 0.508 e. The zero-order valence-corrected chi connectivity index (χ0v) is 21.4. The molecule has 0 atom stereocenters. The van der Waals surface area contributed by atoms with Gasteiger partial charge in [0.15, 0.2) is 0 Å². The van der Waals surface area contributed by atoms with Crippen molar-refractivity contribution in [2.75, 3.05) is 0 Å². The summed E-state index contributed by atoms with van der Waals surface area (Å²) in [4.78, 5) is 1.07. The van der Waals surface area contributed by atoms with Crippen molar-refractivity contribution in [3.05, 3.63) is 70.8 Å². The Balaban J connectivity index is 1.94. The molecule has 3 aromatic rings. The fourth-order valence-electron chi connectivity index (χ4n) is 4.16. The minimum Gasteiger partial charge on any atom is -0.508 e. The molecule has 0 unspecified atom stereocenters. The lowest BCUT2D eigenvalue weighted by Gasteiger charge is -2.16. The standard InChI is InChI=1S/C30H38O2S/c1-5-7-8-15-24-19-26(31)25(18-17-22(4)13-11-12-21(3)6-2)30(32)29(24)28-20-23-14-9-10-16-27(23)33-28/h9-10,12,14,16-17,19-20,31-32H,5-8,11,13,15,18H2,1-4H3/b21-12+,22-17+. The van der Waals surface area contributed by atoms with Gasteiger partial charge < -0.3 is 10.2 Å². The van der Waals surface area contributed by atoms with E-state index in [2.05, 4.69) is 64.1 Å². The third kappa shape index (κ3) is 6.51. The third-order valence-corrected chi connectivity index (χ3v) is 7.56. The monoisotopic (exact) mass is 462 g/mol. The highest BCUT2D eigenvalue weighted by atomic mass is 32.1. The number of benzene rings is 2. The predicted molar refractivity (Wildman–Crippen MR) is 145 cm³/mol. The first kappa shape index (κ1) is 25.1. The zero-order valence-electron chi connectivity index (χ0n) is 20.6. The molecule has 2 nitrogen and oxygen atoms in total. The number of hydrogen-bond donors (Lipinski definition) is 2. The van der Waals surface area contributed by atoms with Crippen molar-refractivity contribution in [2.45, 2.75) is 79.1 Å². The molecule has 0 aliphatic carbocycles. The summed E-state index contributed by atoms with van der Waals surface area (Å²) in [5, 5.41) is 23.4. The van der Waals surface area contributed by atoms with Gasteiger partial charge in [-0.05, 0) is 81.5 Å². The zero-order chi connectivity index (χ0) is 23.8. The van der Waals surface area contributed by atoms with Crippen LogP contribution in [0.1, 0.15) is 77.3 Å². The molecular weight excluding hydrogens is 424 g/mol. The summed E-state index contributed by atoms with van der Waals surface area (Å²) < 4.78 is 1.22. The second-order valence-electron chi connectivity index (χ2n) is 9.06. The van der Waals surface area contributed by atoms with Gasteiger partial charge in [-0.15, -0.1) is 11.3 Å². The van der Waals surface area contributed by atoms with Crippen molar-refractivity contribution in [3.8, 4) is 21.9 Å². The number of phenols is 2. The Kier molecular flexibility index (Phi) is 9.20. The van der Waals surface area contributed by atoms with E-state index in [9.17, 15) is 10.2 Å².